The van der Waals surface area contributed by atoms with Gasteiger partial charge in [0.15, 0.2) is 0 Å². The second-order valence-corrected chi connectivity index (χ2v) is 11.7. The van der Waals surface area contributed by atoms with Crippen molar-refractivity contribution in [3.05, 3.63) is 86.0 Å². The topological polar surface area (TPSA) is 107 Å². The molecule has 11 heteroatoms. The van der Waals surface area contributed by atoms with Crippen molar-refractivity contribution in [3.8, 4) is 5.88 Å². The second-order valence-electron chi connectivity index (χ2n) is 10.4. The first-order chi connectivity index (χ1) is 18.9. The fraction of sp³-hybridized carbons (Fsp3) is 0.310. The lowest BCUT2D eigenvalue weighted by molar-refractivity contribution is -0.156. The molecule has 1 fully saturated rings. The van der Waals surface area contributed by atoms with E-state index in [0.29, 0.717) is 32.4 Å². The van der Waals surface area contributed by atoms with E-state index >= 15 is 0 Å². The maximum atomic E-state index is 14.3. The SMILES string of the molecule is COC(=O)C(C)(C)Oc1ncc(Cl)cc1[C@H]1CC(=O)N[C@@H](c2cc(Cl)ccc2C)[C@]12C(=O)Nc1cc(Cl)ccc12. The van der Waals surface area contributed by atoms with Gasteiger partial charge in [-0.3, -0.25) is 9.59 Å². The molecule has 2 N–H and O–H groups in total. The molecular formula is C29H26Cl3N3O5. The summed E-state index contributed by atoms with van der Waals surface area (Å²) in [4.78, 5) is 44.6. The average Bonchev–Trinajstić information content (AvgIpc) is 3.18. The van der Waals surface area contributed by atoms with Crippen LogP contribution in [0.1, 0.15) is 54.5 Å². The standard InChI is InChI=1S/C29H26Cl3N3O5/c1-14-5-6-15(30)9-18(14)24-29(20-8-7-16(31)11-22(20)34-26(29)37)21(12-23(36)35-24)19-10-17(32)13-33-25(19)40-28(2,3)27(38)39-4/h5-11,13,21,24H,12H2,1-4H3,(H,34,37)(H,35,36)/t21-,24+,29-/m1/s1. The molecule has 1 aromatic heterocycles. The lowest BCUT2D eigenvalue weighted by Crippen LogP contribution is -2.57. The predicted octanol–water partition coefficient (Wildman–Crippen LogP) is 5.92. The van der Waals surface area contributed by atoms with Gasteiger partial charge in [-0.05, 0) is 67.8 Å². The van der Waals surface area contributed by atoms with E-state index in [1.165, 1.54) is 13.3 Å². The molecule has 3 atom stereocenters. The van der Waals surface area contributed by atoms with Crippen molar-refractivity contribution in [1.29, 1.82) is 0 Å². The van der Waals surface area contributed by atoms with Gasteiger partial charge in [0.2, 0.25) is 23.3 Å². The minimum absolute atomic E-state index is 0.0515. The quantitative estimate of drug-likeness (QED) is 0.352. The summed E-state index contributed by atoms with van der Waals surface area (Å²) in [6.45, 7) is 4.97. The summed E-state index contributed by atoms with van der Waals surface area (Å²) in [6.07, 6.45) is 1.28. The summed E-state index contributed by atoms with van der Waals surface area (Å²) >= 11 is 19.2. The number of benzene rings is 2. The van der Waals surface area contributed by atoms with Crippen LogP contribution < -0.4 is 15.4 Å². The first-order valence-electron chi connectivity index (χ1n) is 12.5. The molecule has 2 amide bonds. The molecule has 40 heavy (non-hydrogen) atoms. The minimum Gasteiger partial charge on any atom is -0.466 e. The predicted molar refractivity (Wildman–Crippen MR) is 152 cm³/mol. The Bertz CT molecular complexity index is 1560. The van der Waals surface area contributed by atoms with E-state index in [2.05, 4.69) is 15.6 Å². The van der Waals surface area contributed by atoms with Crippen LogP contribution in [0.3, 0.4) is 0 Å². The van der Waals surface area contributed by atoms with Crippen LogP contribution in [-0.4, -0.2) is 35.5 Å². The smallest absolute Gasteiger partial charge is 0.349 e. The number of amides is 2. The number of aryl methyl sites for hydroxylation is 1. The van der Waals surface area contributed by atoms with Gasteiger partial charge in [-0.1, -0.05) is 46.9 Å². The molecule has 1 spiro atoms. The Morgan fingerprint density at radius 3 is 2.42 bits per heavy atom. The highest BCUT2D eigenvalue weighted by Gasteiger charge is 2.62. The molecule has 3 aromatic rings. The first kappa shape index (κ1) is 28.2. The summed E-state index contributed by atoms with van der Waals surface area (Å²) in [5.74, 6) is -2.04. The zero-order valence-corrected chi connectivity index (χ0v) is 24.4. The Morgan fingerprint density at radius 1 is 1.02 bits per heavy atom. The summed E-state index contributed by atoms with van der Waals surface area (Å²) in [6, 6.07) is 11.3. The summed E-state index contributed by atoms with van der Waals surface area (Å²) in [5, 5.41) is 7.21. The Hall–Kier alpha value is -3.33. The third-order valence-corrected chi connectivity index (χ3v) is 8.23. The highest BCUT2D eigenvalue weighted by atomic mass is 35.5. The molecule has 208 valence electrons. The number of anilines is 1. The van der Waals surface area contributed by atoms with E-state index in [0.717, 1.165) is 5.56 Å². The molecular weight excluding hydrogens is 577 g/mol. The van der Waals surface area contributed by atoms with Crippen LogP contribution in [0.25, 0.3) is 0 Å². The van der Waals surface area contributed by atoms with Crippen LogP contribution in [0.4, 0.5) is 5.69 Å². The normalized spacial score (nSPS) is 22.0. The minimum atomic E-state index is -1.43. The van der Waals surface area contributed by atoms with Crippen molar-refractivity contribution in [3.63, 3.8) is 0 Å². The maximum Gasteiger partial charge on any atom is 0.349 e. The van der Waals surface area contributed by atoms with Crippen LogP contribution in [0.5, 0.6) is 5.88 Å². The van der Waals surface area contributed by atoms with E-state index in [-0.39, 0.29) is 29.1 Å². The summed E-state index contributed by atoms with van der Waals surface area (Å²) < 4.78 is 11.0. The van der Waals surface area contributed by atoms with Crippen molar-refractivity contribution in [1.82, 2.24) is 10.3 Å². The third kappa shape index (κ3) is 4.58. The molecule has 2 aliphatic rings. The number of hydrogen-bond donors (Lipinski definition) is 2. The van der Waals surface area contributed by atoms with Crippen LogP contribution in [-0.2, 0) is 24.5 Å². The molecule has 8 nitrogen and oxygen atoms in total. The van der Waals surface area contributed by atoms with Crippen molar-refractivity contribution in [2.75, 3.05) is 12.4 Å². The average molecular weight is 603 g/mol. The van der Waals surface area contributed by atoms with Gasteiger partial charge >= 0.3 is 5.97 Å². The van der Waals surface area contributed by atoms with Gasteiger partial charge in [0.05, 0.1) is 18.2 Å². The number of methoxy groups -OCH3 is 1. The molecule has 2 aliphatic heterocycles. The fourth-order valence-corrected chi connectivity index (χ4v) is 6.27. The van der Waals surface area contributed by atoms with Crippen LogP contribution in [0.15, 0.2) is 48.7 Å². The number of ether oxygens (including phenoxy) is 2. The van der Waals surface area contributed by atoms with E-state index < -0.39 is 28.9 Å². The van der Waals surface area contributed by atoms with Crippen LogP contribution in [0, 0.1) is 6.92 Å². The molecule has 0 saturated carbocycles. The molecule has 3 heterocycles. The number of halogens is 3. The number of rotatable bonds is 5. The Labute approximate surface area is 246 Å². The van der Waals surface area contributed by atoms with Crippen LogP contribution >= 0.6 is 34.8 Å². The van der Waals surface area contributed by atoms with Crippen molar-refractivity contribution in [2.24, 2.45) is 0 Å². The molecule has 1 saturated heterocycles. The van der Waals surface area contributed by atoms with Gasteiger partial charge in [-0.25, -0.2) is 9.78 Å². The Morgan fingerprint density at radius 2 is 1.70 bits per heavy atom. The Balaban J connectivity index is 1.81. The van der Waals surface area contributed by atoms with E-state index in [1.54, 1.807) is 50.2 Å². The number of carbonyl (C=O) groups excluding carboxylic acids is 3. The number of fused-ring (bicyclic) bond motifs is 2. The van der Waals surface area contributed by atoms with Crippen molar-refractivity contribution < 1.29 is 23.9 Å². The highest BCUT2D eigenvalue weighted by molar-refractivity contribution is 6.31. The summed E-state index contributed by atoms with van der Waals surface area (Å²) in [7, 11) is 1.26. The van der Waals surface area contributed by atoms with E-state index in [9.17, 15) is 14.4 Å². The second kappa shape index (κ2) is 10.3. The number of piperidine rings is 1. The highest BCUT2D eigenvalue weighted by Crippen LogP contribution is 2.59. The fourth-order valence-electron chi connectivity index (χ4n) is 5.75. The maximum absolute atomic E-state index is 14.3. The number of nitrogens with zero attached hydrogens (tertiary/aromatic N) is 1. The van der Waals surface area contributed by atoms with E-state index in [4.69, 9.17) is 44.3 Å². The van der Waals surface area contributed by atoms with E-state index in [1.807, 2.05) is 13.0 Å². The van der Waals surface area contributed by atoms with Gasteiger partial charge in [0.1, 0.15) is 5.41 Å². The molecule has 5 rings (SSSR count). The zero-order valence-electron chi connectivity index (χ0n) is 22.1. The molecule has 0 aliphatic carbocycles. The number of nitrogens with one attached hydrogen (secondary N) is 2. The first-order valence-corrected chi connectivity index (χ1v) is 13.6. The number of aromatic nitrogens is 1. The van der Waals surface area contributed by atoms with Gasteiger partial charge in [0.25, 0.3) is 0 Å². The summed E-state index contributed by atoms with van der Waals surface area (Å²) in [5.41, 5.74) is 0.240. The number of carbonyl (C=O) groups is 3. The lowest BCUT2D eigenvalue weighted by Gasteiger charge is -2.47. The Kier molecular flexibility index (Phi) is 7.23. The molecule has 0 unspecified atom stereocenters. The van der Waals surface area contributed by atoms with Gasteiger partial charge in [-0.15, -0.1) is 0 Å². The zero-order chi connectivity index (χ0) is 29.0. The number of pyridine rings is 1. The molecule has 2 aromatic carbocycles. The van der Waals surface area contributed by atoms with Gasteiger partial charge < -0.3 is 20.1 Å². The molecule has 0 bridgehead atoms. The third-order valence-electron chi connectivity index (χ3n) is 7.55. The monoisotopic (exact) mass is 601 g/mol. The molecule has 0 radical (unpaired) electrons. The number of esters is 1. The van der Waals surface area contributed by atoms with Crippen molar-refractivity contribution in [2.45, 2.75) is 50.2 Å². The van der Waals surface area contributed by atoms with Crippen LogP contribution in [0.2, 0.25) is 15.1 Å². The lowest BCUT2D eigenvalue weighted by atomic mass is 9.59. The van der Waals surface area contributed by atoms with Crippen molar-refractivity contribution >= 4 is 58.3 Å². The number of hydrogen-bond acceptors (Lipinski definition) is 6. The van der Waals surface area contributed by atoms with Gasteiger partial charge in [-0.2, -0.15) is 0 Å². The van der Waals surface area contributed by atoms with Gasteiger partial charge in [0, 0.05) is 39.8 Å². The largest absolute Gasteiger partial charge is 0.466 e.